The Morgan fingerprint density at radius 1 is 0.731 bits per heavy atom. The number of fused-ring (bicyclic) bond motifs is 3. The van der Waals surface area contributed by atoms with Gasteiger partial charge in [-0.05, 0) is 83.2 Å². The van der Waals surface area contributed by atoms with Gasteiger partial charge in [-0.2, -0.15) is 0 Å². The van der Waals surface area contributed by atoms with Gasteiger partial charge in [-0.1, -0.05) is 125 Å². The molecule has 14 nitrogen and oxygen atoms in total. The monoisotopic (exact) mass is 906 g/mol. The zero-order valence-corrected chi connectivity index (χ0v) is 38.9. The molecule has 1 saturated carbocycles. The molecule has 0 radical (unpaired) electrons. The van der Waals surface area contributed by atoms with Crippen LogP contribution in [0.2, 0.25) is 0 Å². The number of nitrogens with one attached hydrogen (secondary N) is 4. The Balaban J connectivity index is 0.934. The summed E-state index contributed by atoms with van der Waals surface area (Å²) in [6.07, 6.45) is 11.7. The molecule has 2 aromatic heterocycles. The fraction of sp³-hybridized carbons (Fsp3) is 0.434. The van der Waals surface area contributed by atoms with Gasteiger partial charge in [0.1, 0.15) is 23.7 Å². The number of ether oxygens (including phenoxy) is 2. The highest BCUT2D eigenvalue weighted by Crippen LogP contribution is 2.41. The van der Waals surface area contributed by atoms with Crippen molar-refractivity contribution in [2.45, 2.75) is 102 Å². The molecule has 4 aromatic carbocycles. The third-order valence-electron chi connectivity index (χ3n) is 14.4. The first-order chi connectivity index (χ1) is 32.6. The molecule has 5 atom stereocenters. The highest BCUT2D eigenvalue weighted by molar-refractivity contribution is 6.05. The van der Waals surface area contributed by atoms with Crippen LogP contribution < -0.4 is 10.6 Å². The third-order valence-corrected chi connectivity index (χ3v) is 14.4. The van der Waals surface area contributed by atoms with Crippen molar-refractivity contribution >= 4 is 45.8 Å². The Kier molecular flexibility index (Phi) is 13.6. The predicted octanol–water partition coefficient (Wildman–Crippen LogP) is 10.2. The number of methoxy groups -OCH3 is 2. The number of aromatic nitrogens is 4. The summed E-state index contributed by atoms with van der Waals surface area (Å²) in [6, 6.07) is 26.3. The van der Waals surface area contributed by atoms with Crippen LogP contribution >= 0.6 is 0 Å². The number of alkyl carbamates (subject to hydrolysis) is 2. The number of nitrogens with zero attached hydrogens (tertiary/aromatic N) is 4. The molecule has 4 amide bonds. The molecular weight excluding hydrogens is 845 g/mol. The minimum Gasteiger partial charge on any atom is -0.453 e. The van der Waals surface area contributed by atoms with Crippen molar-refractivity contribution in [1.29, 1.82) is 0 Å². The van der Waals surface area contributed by atoms with Gasteiger partial charge < -0.3 is 39.9 Å². The Morgan fingerprint density at radius 3 is 2.19 bits per heavy atom. The fourth-order valence-corrected chi connectivity index (χ4v) is 10.8. The molecule has 0 bridgehead atoms. The summed E-state index contributed by atoms with van der Waals surface area (Å²) in [7, 11) is 2.61. The van der Waals surface area contributed by atoms with E-state index in [0.29, 0.717) is 24.6 Å². The summed E-state index contributed by atoms with van der Waals surface area (Å²) in [5.74, 6) is 2.18. The predicted molar refractivity (Wildman–Crippen MR) is 258 cm³/mol. The van der Waals surface area contributed by atoms with Crippen LogP contribution in [0.3, 0.4) is 0 Å². The van der Waals surface area contributed by atoms with Gasteiger partial charge in [-0.3, -0.25) is 9.59 Å². The van der Waals surface area contributed by atoms with E-state index >= 15 is 0 Å². The van der Waals surface area contributed by atoms with Crippen molar-refractivity contribution in [3.8, 4) is 22.4 Å². The largest absolute Gasteiger partial charge is 0.453 e. The van der Waals surface area contributed by atoms with Crippen molar-refractivity contribution in [2.24, 2.45) is 17.8 Å². The number of amides is 4. The molecule has 2 aliphatic heterocycles. The molecule has 67 heavy (non-hydrogen) atoms. The van der Waals surface area contributed by atoms with Gasteiger partial charge in [0, 0.05) is 18.5 Å². The van der Waals surface area contributed by atoms with E-state index in [1.165, 1.54) is 46.3 Å². The molecule has 0 spiro atoms. The van der Waals surface area contributed by atoms with Gasteiger partial charge in [0.05, 0.1) is 49.2 Å². The Bertz CT molecular complexity index is 2710. The van der Waals surface area contributed by atoms with Gasteiger partial charge in [0.2, 0.25) is 5.91 Å². The fourth-order valence-electron chi connectivity index (χ4n) is 10.8. The minimum atomic E-state index is -0.898. The van der Waals surface area contributed by atoms with Gasteiger partial charge in [-0.15, -0.1) is 0 Å². The SMILES string of the molecule is COC(=O)N[C@H](C(=O)N1CCC[C@H]1c1ncc(-c2ccc(-c3ccc4c(ccc5[nH]c([C@@H]6C[C@H](CCCC7CCCC7)CN6C(=O)[C@H](NC(=O)OC)c6ccccc6)nc54)c3)cc2)[nH]1)C(C)C. The maximum atomic E-state index is 14.7. The number of hydrogen-bond donors (Lipinski definition) is 4. The lowest BCUT2D eigenvalue weighted by atomic mass is 9.94. The normalized spacial score (nSPS) is 19.6. The number of benzene rings is 4. The van der Waals surface area contributed by atoms with E-state index < -0.39 is 24.3 Å². The molecule has 1 aliphatic carbocycles. The van der Waals surface area contributed by atoms with E-state index in [1.807, 2.05) is 60.2 Å². The minimum absolute atomic E-state index is 0.112. The third kappa shape index (κ3) is 9.75. The van der Waals surface area contributed by atoms with Crippen LogP contribution in [-0.2, 0) is 19.1 Å². The maximum Gasteiger partial charge on any atom is 0.407 e. The van der Waals surface area contributed by atoms with E-state index in [4.69, 9.17) is 19.4 Å². The number of hydrogen-bond acceptors (Lipinski definition) is 8. The Morgan fingerprint density at radius 2 is 1.45 bits per heavy atom. The van der Waals surface area contributed by atoms with Crippen LogP contribution in [0.15, 0.2) is 91.1 Å². The smallest absolute Gasteiger partial charge is 0.407 e. The molecule has 2 saturated heterocycles. The number of carbonyl (C=O) groups excluding carboxylic acids is 4. The Hall–Kier alpha value is -6.70. The summed E-state index contributed by atoms with van der Waals surface area (Å²) in [6.45, 7) is 5.00. The number of aromatic amines is 2. The van der Waals surface area contributed by atoms with Crippen LogP contribution in [0.5, 0.6) is 0 Å². The summed E-state index contributed by atoms with van der Waals surface area (Å²) in [5.41, 5.74) is 6.43. The van der Waals surface area contributed by atoms with Crippen molar-refractivity contribution in [1.82, 2.24) is 40.4 Å². The van der Waals surface area contributed by atoms with Gasteiger partial charge >= 0.3 is 12.2 Å². The number of likely N-dealkylation sites (tertiary alicyclic amines) is 2. The molecule has 3 fully saturated rings. The zero-order chi connectivity index (χ0) is 46.6. The van der Waals surface area contributed by atoms with Crippen LogP contribution in [0.25, 0.3) is 44.2 Å². The number of imidazole rings is 2. The van der Waals surface area contributed by atoms with Gasteiger partial charge in [0.25, 0.3) is 5.91 Å². The molecular formula is C53H62N8O6. The lowest BCUT2D eigenvalue weighted by Gasteiger charge is -2.30. The van der Waals surface area contributed by atoms with Crippen molar-refractivity contribution in [2.75, 3.05) is 27.3 Å². The summed E-state index contributed by atoms with van der Waals surface area (Å²) in [5, 5.41) is 7.61. The zero-order valence-electron chi connectivity index (χ0n) is 38.9. The molecule has 0 unspecified atom stereocenters. The summed E-state index contributed by atoms with van der Waals surface area (Å²) < 4.78 is 9.76. The molecule has 4 heterocycles. The van der Waals surface area contributed by atoms with E-state index in [1.54, 1.807) is 0 Å². The highest BCUT2D eigenvalue weighted by Gasteiger charge is 2.42. The second kappa shape index (κ2) is 20.0. The van der Waals surface area contributed by atoms with Crippen molar-refractivity contribution < 1.29 is 28.7 Å². The number of carbonyl (C=O) groups is 4. The number of rotatable bonds is 14. The molecule has 9 rings (SSSR count). The van der Waals surface area contributed by atoms with Crippen LogP contribution in [0.1, 0.15) is 113 Å². The Labute approximate surface area is 391 Å². The average molecular weight is 907 g/mol. The van der Waals surface area contributed by atoms with E-state index in [9.17, 15) is 19.2 Å². The van der Waals surface area contributed by atoms with Crippen LogP contribution in [-0.4, -0.2) is 87.1 Å². The first-order valence-electron chi connectivity index (χ1n) is 24.0. The van der Waals surface area contributed by atoms with Crippen molar-refractivity contribution in [3.63, 3.8) is 0 Å². The molecule has 4 N–H and O–H groups in total. The first-order valence-corrected chi connectivity index (χ1v) is 24.0. The highest BCUT2D eigenvalue weighted by atomic mass is 16.5. The summed E-state index contributed by atoms with van der Waals surface area (Å²) in [4.78, 5) is 73.8. The van der Waals surface area contributed by atoms with E-state index in [2.05, 4.69) is 75.2 Å². The second-order valence-corrected chi connectivity index (χ2v) is 19.0. The summed E-state index contributed by atoms with van der Waals surface area (Å²) >= 11 is 0. The van der Waals surface area contributed by atoms with Gasteiger partial charge in [0.15, 0.2) is 0 Å². The average Bonchev–Trinajstić information content (AvgIpc) is 4.22. The lowest BCUT2D eigenvalue weighted by molar-refractivity contribution is -0.136. The maximum absolute atomic E-state index is 14.7. The molecule has 3 aliphatic rings. The topological polar surface area (TPSA) is 175 Å². The van der Waals surface area contributed by atoms with E-state index in [0.717, 1.165) is 93.9 Å². The standard InChI is InChI=1S/C53H62N8O6/c1-32(2)45(58-52(64)66-3)50(62)60-27-11-18-43(60)48-54-30-42(56-48)36-21-19-35(20-22-36)38-23-25-40-39(29-38)24-26-41-47(40)57-49(55-41)44-28-34(15-10-14-33-12-8-9-13-33)31-61(44)51(63)46(59-53(65)67-4)37-16-6-5-7-17-37/h5-7,16-17,19-26,29-30,32-34,43-46H,8-15,18,27-28,31H2,1-4H3,(H,54,56)(H,55,57)(H,58,64)(H,59,65)/t34-,43-,44-,45-,46+/m0/s1. The van der Waals surface area contributed by atoms with Crippen LogP contribution in [0, 0.1) is 17.8 Å². The van der Waals surface area contributed by atoms with E-state index in [-0.39, 0.29) is 29.8 Å². The lowest BCUT2D eigenvalue weighted by Crippen LogP contribution is -2.51. The first kappa shape index (κ1) is 45.5. The molecule has 350 valence electrons. The molecule has 6 aromatic rings. The number of H-pyrrole nitrogens is 2. The van der Waals surface area contributed by atoms with Crippen LogP contribution in [0.4, 0.5) is 9.59 Å². The second-order valence-electron chi connectivity index (χ2n) is 19.0. The van der Waals surface area contributed by atoms with Gasteiger partial charge in [-0.25, -0.2) is 19.6 Å². The quantitative estimate of drug-likeness (QED) is 0.0835. The van der Waals surface area contributed by atoms with Crippen molar-refractivity contribution in [3.05, 3.63) is 108 Å². The molecule has 14 heteroatoms.